The first-order chi connectivity index (χ1) is 6.63. The number of hydrogen-bond acceptors (Lipinski definition) is 4. The predicted molar refractivity (Wildman–Crippen MR) is 59.9 cm³/mol. The van der Waals surface area contributed by atoms with Crippen molar-refractivity contribution in [1.29, 1.82) is 0 Å². The van der Waals surface area contributed by atoms with Crippen molar-refractivity contribution in [3.05, 3.63) is 0 Å². The standard InChI is InChI=1S/C10H24N4/c1-3-10(12)8-13-4-6-14(7-5-13)9(2)11/h9-10H,3-8,11-12H2,1-2H3. The molecule has 4 heteroatoms. The Labute approximate surface area is 87.2 Å². The van der Waals surface area contributed by atoms with E-state index < -0.39 is 0 Å². The second kappa shape index (κ2) is 5.66. The van der Waals surface area contributed by atoms with E-state index in [9.17, 15) is 0 Å². The largest absolute Gasteiger partial charge is 0.327 e. The molecule has 1 saturated heterocycles. The van der Waals surface area contributed by atoms with Gasteiger partial charge in [0.2, 0.25) is 0 Å². The van der Waals surface area contributed by atoms with Crippen LogP contribution in [0.15, 0.2) is 0 Å². The van der Waals surface area contributed by atoms with E-state index in [4.69, 9.17) is 11.5 Å². The average Bonchev–Trinajstić information content (AvgIpc) is 2.18. The van der Waals surface area contributed by atoms with Gasteiger partial charge in [-0.3, -0.25) is 9.80 Å². The second-order valence-electron chi connectivity index (χ2n) is 4.25. The third kappa shape index (κ3) is 3.53. The van der Waals surface area contributed by atoms with Gasteiger partial charge in [-0.05, 0) is 13.3 Å². The van der Waals surface area contributed by atoms with E-state index in [1.165, 1.54) is 0 Å². The molecule has 0 aromatic rings. The highest BCUT2D eigenvalue weighted by molar-refractivity contribution is 4.76. The molecule has 0 saturated carbocycles. The van der Waals surface area contributed by atoms with Gasteiger partial charge in [0, 0.05) is 38.8 Å². The summed E-state index contributed by atoms with van der Waals surface area (Å²) in [7, 11) is 0. The summed E-state index contributed by atoms with van der Waals surface area (Å²) in [4.78, 5) is 4.75. The monoisotopic (exact) mass is 200 g/mol. The SMILES string of the molecule is CCC(N)CN1CCN(C(C)N)CC1. The van der Waals surface area contributed by atoms with Crippen molar-refractivity contribution < 1.29 is 0 Å². The number of nitrogens with zero attached hydrogens (tertiary/aromatic N) is 2. The lowest BCUT2D eigenvalue weighted by Gasteiger charge is -2.37. The summed E-state index contributed by atoms with van der Waals surface area (Å²) in [6, 6.07) is 0.330. The number of hydrogen-bond donors (Lipinski definition) is 2. The minimum Gasteiger partial charge on any atom is -0.327 e. The van der Waals surface area contributed by atoms with Crippen LogP contribution in [0.1, 0.15) is 20.3 Å². The molecule has 1 aliphatic rings. The maximum atomic E-state index is 5.92. The Morgan fingerprint density at radius 1 is 1.14 bits per heavy atom. The highest BCUT2D eigenvalue weighted by atomic mass is 15.3. The molecule has 4 N–H and O–H groups in total. The van der Waals surface area contributed by atoms with Crippen LogP contribution in [0.25, 0.3) is 0 Å². The summed E-state index contributed by atoms with van der Waals surface area (Å²) in [5.41, 5.74) is 11.7. The summed E-state index contributed by atoms with van der Waals surface area (Å²) in [5, 5.41) is 0. The van der Waals surface area contributed by atoms with Crippen molar-refractivity contribution in [2.24, 2.45) is 11.5 Å². The van der Waals surface area contributed by atoms with E-state index in [-0.39, 0.29) is 6.17 Å². The van der Waals surface area contributed by atoms with E-state index >= 15 is 0 Å². The first kappa shape index (κ1) is 11.9. The van der Waals surface area contributed by atoms with Gasteiger partial charge in [-0.1, -0.05) is 6.92 Å². The van der Waals surface area contributed by atoms with Crippen LogP contribution in [-0.2, 0) is 0 Å². The Kier molecular flexibility index (Phi) is 4.81. The molecule has 1 fully saturated rings. The highest BCUT2D eigenvalue weighted by Crippen LogP contribution is 2.04. The van der Waals surface area contributed by atoms with E-state index in [0.717, 1.165) is 39.1 Å². The molecular weight excluding hydrogens is 176 g/mol. The molecule has 0 aromatic carbocycles. The predicted octanol–water partition coefficient (Wildman–Crippen LogP) is -0.354. The van der Waals surface area contributed by atoms with Crippen LogP contribution >= 0.6 is 0 Å². The molecule has 1 heterocycles. The van der Waals surface area contributed by atoms with Crippen LogP contribution in [0.2, 0.25) is 0 Å². The molecule has 1 aliphatic heterocycles. The maximum absolute atomic E-state index is 5.92. The zero-order chi connectivity index (χ0) is 10.6. The fourth-order valence-corrected chi connectivity index (χ4v) is 1.81. The zero-order valence-electron chi connectivity index (χ0n) is 9.45. The molecular formula is C10H24N4. The molecule has 0 radical (unpaired) electrons. The Hall–Kier alpha value is -0.160. The molecule has 2 unspecified atom stereocenters. The molecule has 0 spiro atoms. The Morgan fingerprint density at radius 3 is 2.14 bits per heavy atom. The third-order valence-corrected chi connectivity index (χ3v) is 3.00. The molecule has 14 heavy (non-hydrogen) atoms. The van der Waals surface area contributed by atoms with E-state index in [1.807, 2.05) is 6.92 Å². The fourth-order valence-electron chi connectivity index (χ4n) is 1.81. The molecule has 0 aromatic heterocycles. The lowest BCUT2D eigenvalue weighted by Crippen LogP contribution is -2.53. The van der Waals surface area contributed by atoms with Crippen molar-refractivity contribution in [1.82, 2.24) is 9.80 Å². The molecule has 0 bridgehead atoms. The Bertz CT molecular complexity index is 152. The summed E-state index contributed by atoms with van der Waals surface area (Å²) < 4.78 is 0. The van der Waals surface area contributed by atoms with Crippen molar-refractivity contribution in [2.75, 3.05) is 32.7 Å². The highest BCUT2D eigenvalue weighted by Gasteiger charge is 2.19. The third-order valence-electron chi connectivity index (χ3n) is 3.00. The van der Waals surface area contributed by atoms with E-state index in [1.54, 1.807) is 0 Å². The number of nitrogens with two attached hydrogens (primary N) is 2. The van der Waals surface area contributed by atoms with Crippen molar-refractivity contribution >= 4 is 0 Å². The van der Waals surface area contributed by atoms with Crippen LogP contribution in [0.5, 0.6) is 0 Å². The van der Waals surface area contributed by atoms with Gasteiger partial charge in [-0.15, -0.1) is 0 Å². The maximum Gasteiger partial charge on any atom is 0.0543 e. The van der Waals surface area contributed by atoms with Gasteiger partial charge in [-0.25, -0.2) is 0 Å². The lowest BCUT2D eigenvalue weighted by molar-refractivity contribution is 0.100. The Morgan fingerprint density at radius 2 is 1.71 bits per heavy atom. The number of rotatable bonds is 4. The zero-order valence-corrected chi connectivity index (χ0v) is 9.45. The average molecular weight is 200 g/mol. The first-order valence-electron chi connectivity index (χ1n) is 5.61. The molecule has 1 rings (SSSR count). The van der Waals surface area contributed by atoms with Crippen molar-refractivity contribution in [3.8, 4) is 0 Å². The summed E-state index contributed by atoms with van der Waals surface area (Å²) >= 11 is 0. The lowest BCUT2D eigenvalue weighted by atomic mass is 10.2. The van der Waals surface area contributed by atoms with Gasteiger partial charge in [0.25, 0.3) is 0 Å². The molecule has 2 atom stereocenters. The molecule has 84 valence electrons. The van der Waals surface area contributed by atoms with Crippen LogP contribution in [0, 0.1) is 0 Å². The summed E-state index contributed by atoms with van der Waals surface area (Å²) in [6.07, 6.45) is 1.25. The van der Waals surface area contributed by atoms with Crippen molar-refractivity contribution in [3.63, 3.8) is 0 Å². The minimum absolute atomic E-state index is 0.192. The Balaban J connectivity index is 2.22. The molecule has 0 aliphatic carbocycles. The summed E-state index contributed by atoms with van der Waals surface area (Å²) in [6.45, 7) is 9.59. The van der Waals surface area contributed by atoms with Crippen LogP contribution in [-0.4, -0.2) is 54.7 Å². The first-order valence-corrected chi connectivity index (χ1v) is 5.61. The van der Waals surface area contributed by atoms with Gasteiger partial charge in [0.05, 0.1) is 6.17 Å². The smallest absolute Gasteiger partial charge is 0.0543 e. The van der Waals surface area contributed by atoms with Crippen LogP contribution in [0.3, 0.4) is 0 Å². The normalized spacial score (nSPS) is 24.9. The van der Waals surface area contributed by atoms with Crippen molar-refractivity contribution in [2.45, 2.75) is 32.5 Å². The quantitative estimate of drug-likeness (QED) is 0.651. The van der Waals surface area contributed by atoms with Gasteiger partial charge in [-0.2, -0.15) is 0 Å². The number of piperazine rings is 1. The molecule has 0 amide bonds. The summed E-state index contributed by atoms with van der Waals surface area (Å²) in [5.74, 6) is 0. The minimum atomic E-state index is 0.192. The topological polar surface area (TPSA) is 58.5 Å². The van der Waals surface area contributed by atoms with Gasteiger partial charge >= 0.3 is 0 Å². The van der Waals surface area contributed by atoms with Gasteiger partial charge in [0.15, 0.2) is 0 Å². The van der Waals surface area contributed by atoms with E-state index in [0.29, 0.717) is 6.04 Å². The molecule has 4 nitrogen and oxygen atoms in total. The van der Waals surface area contributed by atoms with E-state index in [2.05, 4.69) is 16.7 Å². The van der Waals surface area contributed by atoms with Gasteiger partial charge < -0.3 is 11.5 Å². The van der Waals surface area contributed by atoms with Crippen LogP contribution in [0.4, 0.5) is 0 Å². The van der Waals surface area contributed by atoms with Gasteiger partial charge in [0.1, 0.15) is 0 Å². The van der Waals surface area contributed by atoms with Crippen LogP contribution < -0.4 is 11.5 Å². The second-order valence-corrected chi connectivity index (χ2v) is 4.25. The fraction of sp³-hybridized carbons (Fsp3) is 1.00.